The van der Waals surface area contributed by atoms with Crippen molar-refractivity contribution in [2.45, 2.75) is 13.5 Å². The number of hydrogen-bond donors (Lipinski definition) is 2. The van der Waals surface area contributed by atoms with Gasteiger partial charge in [-0.3, -0.25) is 14.2 Å². The summed E-state index contributed by atoms with van der Waals surface area (Å²) in [6.45, 7) is 1.70. The predicted molar refractivity (Wildman–Crippen MR) is 115 cm³/mol. The van der Waals surface area contributed by atoms with Crippen molar-refractivity contribution >= 4 is 39.2 Å². The van der Waals surface area contributed by atoms with Crippen molar-refractivity contribution in [3.05, 3.63) is 66.2 Å². The number of para-hydroxylation sites is 1. The molecular weight excluding hydrogens is 398 g/mol. The highest BCUT2D eigenvalue weighted by atomic mass is 16.5. The van der Waals surface area contributed by atoms with Gasteiger partial charge in [-0.2, -0.15) is 0 Å². The number of aromatic hydroxyl groups is 2. The van der Waals surface area contributed by atoms with Crippen LogP contribution in [0, 0.1) is 0 Å². The highest BCUT2D eigenvalue weighted by molar-refractivity contribution is 6.02. The van der Waals surface area contributed by atoms with Crippen molar-refractivity contribution < 1.29 is 24.5 Å². The molecule has 0 spiro atoms. The standard InChI is InChI=1S/C23H19N3O5/c1-2-31-20(28)13-26-18-10-6-5-9-16(18)21(23(26)30)24-25-22(29)17-11-14-7-3-4-8-15(14)12-19(17)27/h3-12,27,30H,2,13H2,1H3. The first-order valence-corrected chi connectivity index (χ1v) is 9.63. The van der Waals surface area contributed by atoms with Gasteiger partial charge in [0.25, 0.3) is 5.91 Å². The SMILES string of the molecule is CCOC(=O)Cn1c(O)c(N=NC(=O)c2cc3ccccc3cc2O)c2ccccc21. The maximum Gasteiger partial charge on any atom is 0.326 e. The van der Waals surface area contributed by atoms with E-state index in [0.29, 0.717) is 10.9 Å². The van der Waals surface area contributed by atoms with Crippen LogP contribution < -0.4 is 0 Å². The Hall–Kier alpha value is -4.20. The van der Waals surface area contributed by atoms with Gasteiger partial charge in [-0.25, -0.2) is 0 Å². The molecule has 31 heavy (non-hydrogen) atoms. The zero-order chi connectivity index (χ0) is 22.0. The molecule has 0 saturated heterocycles. The lowest BCUT2D eigenvalue weighted by Crippen LogP contribution is -2.12. The number of benzene rings is 3. The van der Waals surface area contributed by atoms with Crippen molar-refractivity contribution in [2.75, 3.05) is 6.61 Å². The van der Waals surface area contributed by atoms with E-state index in [-0.39, 0.29) is 36.0 Å². The number of hydrogen-bond acceptors (Lipinski definition) is 6. The fourth-order valence-electron chi connectivity index (χ4n) is 3.41. The monoisotopic (exact) mass is 417 g/mol. The highest BCUT2D eigenvalue weighted by Crippen LogP contribution is 2.39. The van der Waals surface area contributed by atoms with Crippen LogP contribution in [-0.2, 0) is 16.1 Å². The van der Waals surface area contributed by atoms with Crippen LogP contribution in [0.15, 0.2) is 70.9 Å². The van der Waals surface area contributed by atoms with Crippen molar-refractivity contribution in [2.24, 2.45) is 10.2 Å². The molecule has 0 bridgehead atoms. The molecule has 2 N–H and O–H groups in total. The summed E-state index contributed by atoms with van der Waals surface area (Å²) in [5.74, 6) is -1.80. The van der Waals surface area contributed by atoms with Crippen LogP contribution in [0.1, 0.15) is 17.3 Å². The van der Waals surface area contributed by atoms with E-state index in [1.165, 1.54) is 16.7 Å². The molecule has 4 rings (SSSR count). The van der Waals surface area contributed by atoms with Crippen LogP contribution in [0.2, 0.25) is 0 Å². The molecule has 156 valence electrons. The van der Waals surface area contributed by atoms with Gasteiger partial charge in [0.15, 0.2) is 5.69 Å². The molecule has 1 amide bonds. The summed E-state index contributed by atoms with van der Waals surface area (Å²) in [4.78, 5) is 24.5. The molecule has 4 aromatic rings. The third-order valence-corrected chi connectivity index (χ3v) is 4.85. The Morgan fingerprint density at radius 3 is 2.42 bits per heavy atom. The molecule has 0 radical (unpaired) electrons. The van der Waals surface area contributed by atoms with Gasteiger partial charge in [0.1, 0.15) is 12.3 Å². The summed E-state index contributed by atoms with van der Waals surface area (Å²) < 4.78 is 6.30. The van der Waals surface area contributed by atoms with E-state index >= 15 is 0 Å². The van der Waals surface area contributed by atoms with Crippen LogP contribution in [0.25, 0.3) is 21.7 Å². The Balaban J connectivity index is 1.71. The molecule has 0 aliphatic heterocycles. The fourth-order valence-corrected chi connectivity index (χ4v) is 3.41. The maximum absolute atomic E-state index is 12.6. The smallest absolute Gasteiger partial charge is 0.326 e. The van der Waals surface area contributed by atoms with Crippen molar-refractivity contribution in [1.29, 1.82) is 0 Å². The molecule has 0 aliphatic carbocycles. The first kappa shape index (κ1) is 20.1. The average Bonchev–Trinajstić information content (AvgIpc) is 3.02. The van der Waals surface area contributed by atoms with E-state index in [1.54, 1.807) is 31.2 Å². The second-order valence-corrected chi connectivity index (χ2v) is 6.80. The lowest BCUT2D eigenvalue weighted by molar-refractivity contribution is -0.143. The van der Waals surface area contributed by atoms with Crippen LogP contribution in [0.3, 0.4) is 0 Å². The molecule has 3 aromatic carbocycles. The molecule has 0 aliphatic rings. The number of amides is 1. The summed E-state index contributed by atoms with van der Waals surface area (Å²) in [5, 5.41) is 30.6. The van der Waals surface area contributed by atoms with Crippen LogP contribution >= 0.6 is 0 Å². The normalized spacial score (nSPS) is 11.4. The van der Waals surface area contributed by atoms with E-state index in [2.05, 4.69) is 10.2 Å². The number of aromatic nitrogens is 1. The van der Waals surface area contributed by atoms with Gasteiger partial charge in [0.05, 0.1) is 17.7 Å². The van der Waals surface area contributed by atoms with Crippen molar-refractivity contribution in [3.8, 4) is 11.6 Å². The van der Waals surface area contributed by atoms with Crippen LogP contribution in [0.5, 0.6) is 11.6 Å². The summed E-state index contributed by atoms with van der Waals surface area (Å²) in [6, 6.07) is 17.2. The first-order chi connectivity index (χ1) is 15.0. The number of azo groups is 1. The molecule has 0 atom stereocenters. The number of phenolic OH excluding ortho intramolecular Hbond substituents is 1. The lowest BCUT2D eigenvalue weighted by atomic mass is 10.1. The Kier molecular flexibility index (Phi) is 5.36. The molecule has 1 aromatic heterocycles. The molecule has 0 unspecified atom stereocenters. The highest BCUT2D eigenvalue weighted by Gasteiger charge is 2.20. The van der Waals surface area contributed by atoms with Gasteiger partial charge in [-0.1, -0.05) is 42.5 Å². The Bertz CT molecular complexity index is 1340. The van der Waals surface area contributed by atoms with E-state index in [1.807, 2.05) is 24.3 Å². The minimum absolute atomic E-state index is 0.00259. The Morgan fingerprint density at radius 1 is 1.00 bits per heavy atom. The van der Waals surface area contributed by atoms with Crippen molar-refractivity contribution in [3.63, 3.8) is 0 Å². The summed E-state index contributed by atoms with van der Waals surface area (Å²) in [7, 11) is 0. The average molecular weight is 417 g/mol. The number of phenols is 1. The number of esters is 1. The lowest BCUT2D eigenvalue weighted by Gasteiger charge is -2.06. The first-order valence-electron chi connectivity index (χ1n) is 9.63. The third kappa shape index (κ3) is 3.83. The molecule has 1 heterocycles. The van der Waals surface area contributed by atoms with Gasteiger partial charge >= 0.3 is 5.97 Å². The fraction of sp³-hybridized carbons (Fsp3) is 0.130. The second kappa shape index (κ2) is 8.27. The zero-order valence-electron chi connectivity index (χ0n) is 16.6. The second-order valence-electron chi connectivity index (χ2n) is 6.80. The van der Waals surface area contributed by atoms with E-state index < -0.39 is 11.9 Å². The number of fused-ring (bicyclic) bond motifs is 2. The largest absolute Gasteiger partial charge is 0.507 e. The summed E-state index contributed by atoms with van der Waals surface area (Å²) >= 11 is 0. The van der Waals surface area contributed by atoms with E-state index in [0.717, 1.165) is 10.8 Å². The molecule has 8 heteroatoms. The van der Waals surface area contributed by atoms with Gasteiger partial charge < -0.3 is 14.9 Å². The number of ether oxygens (including phenoxy) is 1. The zero-order valence-corrected chi connectivity index (χ0v) is 16.6. The third-order valence-electron chi connectivity index (χ3n) is 4.85. The minimum Gasteiger partial charge on any atom is -0.507 e. The molecule has 0 saturated carbocycles. The van der Waals surface area contributed by atoms with E-state index in [9.17, 15) is 19.8 Å². The van der Waals surface area contributed by atoms with Crippen LogP contribution in [-0.4, -0.2) is 33.3 Å². The summed E-state index contributed by atoms with van der Waals surface area (Å²) in [5.41, 5.74) is 0.591. The Labute approximate surface area is 177 Å². The van der Waals surface area contributed by atoms with Crippen molar-refractivity contribution in [1.82, 2.24) is 4.57 Å². The Morgan fingerprint density at radius 2 is 1.68 bits per heavy atom. The van der Waals surface area contributed by atoms with Gasteiger partial charge in [0.2, 0.25) is 5.88 Å². The van der Waals surface area contributed by atoms with Gasteiger partial charge in [-0.15, -0.1) is 10.2 Å². The number of nitrogens with zero attached hydrogens (tertiary/aromatic N) is 3. The number of rotatable bonds is 5. The number of carbonyl (C=O) groups excluding carboxylic acids is 2. The maximum atomic E-state index is 12.6. The molecular formula is C23H19N3O5. The predicted octanol–water partition coefficient (Wildman–Crippen LogP) is 4.69. The van der Waals surface area contributed by atoms with E-state index in [4.69, 9.17) is 4.74 Å². The quantitative estimate of drug-likeness (QED) is 0.361. The topological polar surface area (TPSA) is 113 Å². The van der Waals surface area contributed by atoms with Gasteiger partial charge in [-0.05, 0) is 35.9 Å². The number of carbonyl (C=O) groups is 2. The molecule has 0 fully saturated rings. The minimum atomic E-state index is -0.759. The van der Waals surface area contributed by atoms with Gasteiger partial charge in [0, 0.05) is 5.39 Å². The van der Waals surface area contributed by atoms with Crippen LogP contribution in [0.4, 0.5) is 5.69 Å². The molecule has 8 nitrogen and oxygen atoms in total. The summed E-state index contributed by atoms with van der Waals surface area (Å²) in [6.07, 6.45) is 0.